The van der Waals surface area contributed by atoms with Gasteiger partial charge in [-0.1, -0.05) is 53.3 Å². The molecule has 132 valence electrons. The Labute approximate surface area is 149 Å². The SMILES string of the molecule is CNN1CS/C(=C/c2cc(C(C)(C)C)c(O)c(C(C)(C)C)c2)C1=O. The second-order valence-corrected chi connectivity index (χ2v) is 9.19. The number of carbonyl (C=O) groups excluding carboxylic acids is 1. The smallest absolute Gasteiger partial charge is 0.275 e. The highest BCUT2D eigenvalue weighted by atomic mass is 32.2. The number of amides is 1. The maximum atomic E-state index is 12.3. The molecule has 1 heterocycles. The van der Waals surface area contributed by atoms with Gasteiger partial charge in [-0.05, 0) is 34.6 Å². The van der Waals surface area contributed by atoms with Crippen molar-refractivity contribution in [1.82, 2.24) is 10.4 Å². The van der Waals surface area contributed by atoms with Crippen LogP contribution in [0, 0.1) is 0 Å². The molecule has 0 aromatic heterocycles. The van der Waals surface area contributed by atoms with E-state index in [9.17, 15) is 9.90 Å². The van der Waals surface area contributed by atoms with Gasteiger partial charge in [-0.25, -0.2) is 5.43 Å². The summed E-state index contributed by atoms with van der Waals surface area (Å²) >= 11 is 1.52. The molecule has 1 aromatic rings. The number of benzene rings is 1. The van der Waals surface area contributed by atoms with Crippen LogP contribution in [0.2, 0.25) is 0 Å². The van der Waals surface area contributed by atoms with Crippen LogP contribution in [0.3, 0.4) is 0 Å². The lowest BCUT2D eigenvalue weighted by Crippen LogP contribution is -2.35. The first-order chi connectivity index (χ1) is 10.9. The minimum Gasteiger partial charge on any atom is -0.507 e. The summed E-state index contributed by atoms with van der Waals surface area (Å²) in [5, 5.41) is 12.4. The number of hydrazine groups is 1. The summed E-state index contributed by atoms with van der Waals surface area (Å²) in [7, 11) is 1.75. The molecule has 0 spiro atoms. The number of hydrogen-bond acceptors (Lipinski definition) is 4. The van der Waals surface area contributed by atoms with Gasteiger partial charge in [-0.2, -0.15) is 0 Å². The first kappa shape index (κ1) is 18.9. The van der Waals surface area contributed by atoms with Crippen LogP contribution in [0.5, 0.6) is 5.75 Å². The molecule has 0 saturated carbocycles. The average molecular weight is 349 g/mol. The second-order valence-electron chi connectivity index (χ2n) is 8.20. The zero-order valence-electron chi connectivity index (χ0n) is 15.7. The molecule has 0 radical (unpaired) electrons. The minimum atomic E-state index is -0.178. The highest BCUT2D eigenvalue weighted by Crippen LogP contribution is 2.40. The van der Waals surface area contributed by atoms with Gasteiger partial charge in [0.15, 0.2) is 0 Å². The fourth-order valence-corrected chi connectivity index (χ4v) is 3.66. The molecule has 1 aromatic carbocycles. The van der Waals surface area contributed by atoms with Gasteiger partial charge in [0.25, 0.3) is 5.91 Å². The lowest BCUT2D eigenvalue weighted by molar-refractivity contribution is -0.126. The quantitative estimate of drug-likeness (QED) is 0.793. The number of aromatic hydroxyl groups is 1. The third-order valence-corrected chi connectivity index (χ3v) is 5.11. The average Bonchev–Trinajstić information content (AvgIpc) is 2.78. The van der Waals surface area contributed by atoms with Crippen LogP contribution >= 0.6 is 11.8 Å². The number of nitrogens with zero attached hydrogens (tertiary/aromatic N) is 1. The van der Waals surface area contributed by atoms with E-state index in [-0.39, 0.29) is 16.7 Å². The molecule has 2 rings (SSSR count). The topological polar surface area (TPSA) is 52.6 Å². The molecule has 1 saturated heterocycles. The number of thioether (sulfide) groups is 1. The molecule has 1 fully saturated rings. The van der Waals surface area contributed by atoms with Crippen molar-refractivity contribution in [3.63, 3.8) is 0 Å². The number of nitrogens with one attached hydrogen (secondary N) is 1. The summed E-state index contributed by atoms with van der Waals surface area (Å²) in [5.41, 5.74) is 5.30. The first-order valence-corrected chi connectivity index (χ1v) is 9.15. The predicted octanol–water partition coefficient (Wildman–Crippen LogP) is 4.00. The van der Waals surface area contributed by atoms with E-state index in [1.165, 1.54) is 11.8 Å². The minimum absolute atomic E-state index is 0.00908. The van der Waals surface area contributed by atoms with Crippen molar-refractivity contribution in [3.8, 4) is 5.75 Å². The van der Waals surface area contributed by atoms with Crippen LogP contribution in [-0.2, 0) is 15.6 Å². The molecule has 1 amide bonds. The maximum absolute atomic E-state index is 12.3. The van der Waals surface area contributed by atoms with E-state index < -0.39 is 0 Å². The van der Waals surface area contributed by atoms with Crippen LogP contribution < -0.4 is 5.43 Å². The summed E-state index contributed by atoms with van der Waals surface area (Å²) in [6.07, 6.45) is 1.92. The Kier molecular flexibility index (Phi) is 5.07. The molecule has 4 nitrogen and oxygen atoms in total. The largest absolute Gasteiger partial charge is 0.507 e. The van der Waals surface area contributed by atoms with Crippen LogP contribution in [-0.4, -0.2) is 28.9 Å². The van der Waals surface area contributed by atoms with Gasteiger partial charge in [0.2, 0.25) is 0 Å². The Morgan fingerprint density at radius 2 is 1.62 bits per heavy atom. The van der Waals surface area contributed by atoms with Crippen LogP contribution in [0.15, 0.2) is 17.0 Å². The van der Waals surface area contributed by atoms with Crippen LogP contribution in [0.1, 0.15) is 58.2 Å². The molecule has 1 aliphatic rings. The molecular formula is C19H28N2O2S. The Morgan fingerprint density at radius 3 is 2.00 bits per heavy atom. The van der Waals surface area contributed by atoms with Gasteiger partial charge in [0.05, 0.1) is 10.8 Å². The number of carbonyl (C=O) groups is 1. The summed E-state index contributed by atoms with van der Waals surface area (Å²) < 4.78 is 0. The Morgan fingerprint density at radius 1 is 1.12 bits per heavy atom. The number of phenolic OH excluding ortho intramolecular Hbond substituents is 1. The van der Waals surface area contributed by atoms with E-state index in [4.69, 9.17) is 0 Å². The van der Waals surface area contributed by atoms with Crippen molar-refractivity contribution in [2.45, 2.75) is 52.4 Å². The molecule has 2 N–H and O–H groups in total. The number of rotatable bonds is 2. The van der Waals surface area contributed by atoms with Crippen molar-refractivity contribution < 1.29 is 9.90 Å². The van der Waals surface area contributed by atoms with Crippen LogP contribution in [0.4, 0.5) is 0 Å². The zero-order valence-corrected chi connectivity index (χ0v) is 16.5. The highest BCUT2D eigenvalue weighted by Gasteiger charge is 2.28. The van der Waals surface area contributed by atoms with Crippen molar-refractivity contribution in [3.05, 3.63) is 33.7 Å². The summed E-state index contributed by atoms with van der Waals surface area (Å²) in [6, 6.07) is 3.99. The Hall–Kier alpha value is -1.46. The van der Waals surface area contributed by atoms with Crippen LogP contribution in [0.25, 0.3) is 6.08 Å². The van der Waals surface area contributed by atoms with Gasteiger partial charge >= 0.3 is 0 Å². The van der Waals surface area contributed by atoms with E-state index >= 15 is 0 Å². The molecule has 0 bridgehead atoms. The molecule has 24 heavy (non-hydrogen) atoms. The molecule has 1 aliphatic heterocycles. The normalized spacial score (nSPS) is 17.9. The summed E-state index contributed by atoms with van der Waals surface area (Å²) in [5.74, 6) is 0.960. The highest BCUT2D eigenvalue weighted by molar-refractivity contribution is 8.04. The first-order valence-electron chi connectivity index (χ1n) is 8.17. The van der Waals surface area contributed by atoms with Crippen molar-refractivity contribution in [2.75, 3.05) is 12.9 Å². The summed E-state index contributed by atoms with van der Waals surface area (Å²) in [6.45, 7) is 12.5. The van der Waals surface area contributed by atoms with Crippen molar-refractivity contribution in [2.24, 2.45) is 0 Å². The van der Waals surface area contributed by atoms with E-state index in [1.807, 2.05) is 18.2 Å². The van der Waals surface area contributed by atoms with Gasteiger partial charge < -0.3 is 5.11 Å². The van der Waals surface area contributed by atoms with E-state index in [1.54, 1.807) is 12.1 Å². The van der Waals surface area contributed by atoms with Gasteiger partial charge in [0, 0.05) is 18.2 Å². The van der Waals surface area contributed by atoms with E-state index in [0.717, 1.165) is 21.6 Å². The molecule has 0 unspecified atom stereocenters. The molecular weight excluding hydrogens is 320 g/mol. The maximum Gasteiger partial charge on any atom is 0.275 e. The Bertz CT molecular complexity index is 647. The number of hydrogen-bond donors (Lipinski definition) is 2. The zero-order chi connectivity index (χ0) is 18.3. The molecule has 0 aliphatic carbocycles. The van der Waals surface area contributed by atoms with Gasteiger partial charge in [-0.15, -0.1) is 0 Å². The van der Waals surface area contributed by atoms with Crippen molar-refractivity contribution >= 4 is 23.7 Å². The molecule has 5 heteroatoms. The third-order valence-electron chi connectivity index (χ3n) is 4.12. The lowest BCUT2D eigenvalue weighted by atomic mass is 9.78. The predicted molar refractivity (Wildman–Crippen MR) is 102 cm³/mol. The van der Waals surface area contributed by atoms with Crippen molar-refractivity contribution in [1.29, 1.82) is 0 Å². The lowest BCUT2D eigenvalue weighted by Gasteiger charge is -2.28. The third kappa shape index (κ3) is 3.78. The summed E-state index contributed by atoms with van der Waals surface area (Å²) in [4.78, 5) is 13.0. The number of phenols is 1. The van der Waals surface area contributed by atoms with E-state index in [0.29, 0.717) is 11.6 Å². The molecule has 0 atom stereocenters. The second kappa shape index (κ2) is 6.45. The Balaban J connectivity index is 2.58. The monoisotopic (exact) mass is 348 g/mol. The fraction of sp³-hybridized carbons (Fsp3) is 0.526. The fourth-order valence-electron chi connectivity index (χ4n) is 2.69. The van der Waals surface area contributed by atoms with Gasteiger partial charge in [0.1, 0.15) is 5.75 Å². The van der Waals surface area contributed by atoms with E-state index in [2.05, 4.69) is 47.0 Å². The van der Waals surface area contributed by atoms with Gasteiger partial charge in [-0.3, -0.25) is 9.80 Å². The standard InChI is InChI=1S/C19H28N2O2S/c1-18(2,3)13-8-12(9-14(16(13)22)19(4,5)6)10-15-17(23)21(20-7)11-24-15/h8-10,20,22H,11H2,1-7H3/b15-10+.